The number of ether oxygens (including phenoxy) is 3. The predicted octanol–water partition coefficient (Wildman–Crippen LogP) is 8.32. The van der Waals surface area contributed by atoms with E-state index in [2.05, 4.69) is 10.3 Å². The zero-order valence-corrected chi connectivity index (χ0v) is 34.1. The second-order valence-corrected chi connectivity index (χ2v) is 15.6. The zero-order chi connectivity index (χ0) is 42.1. The largest absolute Gasteiger partial charge is 0.489 e. The normalized spacial score (nSPS) is 16.1. The highest BCUT2D eigenvalue weighted by molar-refractivity contribution is 6.42. The maximum Gasteiger partial charge on any atom is 0.326 e. The summed E-state index contributed by atoms with van der Waals surface area (Å²) < 4.78 is 24.2. The number of hydrogen-bond donors (Lipinski definition) is 3. The van der Waals surface area contributed by atoms with Gasteiger partial charge in [-0.05, 0) is 94.4 Å². The molecule has 0 spiro atoms. The molecular formula is C46H40Cl2N4O8. The number of aliphatic carboxylic acids is 1. The van der Waals surface area contributed by atoms with Gasteiger partial charge in [-0.25, -0.2) is 9.78 Å². The number of carboxylic acids is 1. The van der Waals surface area contributed by atoms with Crippen LogP contribution in [0.2, 0.25) is 10.0 Å². The molecule has 2 amide bonds. The van der Waals surface area contributed by atoms with Crippen LogP contribution in [0.15, 0.2) is 108 Å². The van der Waals surface area contributed by atoms with Crippen molar-refractivity contribution in [1.29, 1.82) is 0 Å². The molecule has 4 N–H and O–H groups in total. The standard InChI is InChI=1S/C46H40Cl2N4O8/c1-25-43(50-26(2)59-25)45(54)52-22-33-21-41-40(58-24-42(60-41)31-10-14-35(15-11-31)57-23-28-5-16-36(47)37(48)17-28)20-32(33)19-39(52)44(53)51-38(46(55)56)18-27-3-6-29(7-4-27)30-8-12-34(49)13-9-30/h3-17,20-21,38-39,42H,18-19,22-24,49H2,1-2H3,(H,51,53)(H,55,56)/t38-,39-,42?/m0/s1. The minimum atomic E-state index is -1.27. The van der Waals surface area contributed by atoms with E-state index >= 15 is 0 Å². The van der Waals surface area contributed by atoms with E-state index < -0.39 is 36.0 Å². The number of hydrogen-bond acceptors (Lipinski definition) is 9. The minimum absolute atomic E-state index is 0.0219. The molecule has 3 heterocycles. The molecule has 3 atom stereocenters. The number of oxazole rings is 1. The SMILES string of the molecule is Cc1nc(C(=O)N2Cc3cc4c(cc3C[C@H]2C(=O)N[C@@H](Cc2ccc(-c3ccc(N)cc3)cc2)C(=O)O)OCC(c2ccc(OCc3ccc(Cl)c(Cl)c3)cc2)O4)c(C)o1. The summed E-state index contributed by atoms with van der Waals surface area (Å²) in [5.41, 5.74) is 12.4. The van der Waals surface area contributed by atoms with E-state index in [4.69, 9.17) is 47.6 Å². The van der Waals surface area contributed by atoms with Crippen molar-refractivity contribution in [3.8, 4) is 28.4 Å². The van der Waals surface area contributed by atoms with Crippen LogP contribution in [-0.4, -0.2) is 51.5 Å². The fourth-order valence-corrected chi connectivity index (χ4v) is 7.73. The smallest absolute Gasteiger partial charge is 0.326 e. The first-order valence-electron chi connectivity index (χ1n) is 19.2. The Labute approximate surface area is 355 Å². The molecular weight excluding hydrogens is 807 g/mol. The molecule has 306 valence electrons. The van der Waals surface area contributed by atoms with Crippen LogP contribution in [0.5, 0.6) is 17.2 Å². The van der Waals surface area contributed by atoms with Crippen LogP contribution >= 0.6 is 23.2 Å². The van der Waals surface area contributed by atoms with Crippen molar-refractivity contribution in [2.24, 2.45) is 0 Å². The first-order chi connectivity index (χ1) is 28.9. The van der Waals surface area contributed by atoms with Crippen LogP contribution in [0.25, 0.3) is 11.1 Å². The Hall–Kier alpha value is -6.50. The van der Waals surface area contributed by atoms with Gasteiger partial charge in [-0.15, -0.1) is 0 Å². The molecule has 0 saturated carbocycles. The van der Waals surface area contributed by atoms with E-state index in [0.29, 0.717) is 56.8 Å². The number of halogens is 2. The molecule has 12 nitrogen and oxygen atoms in total. The number of carbonyl (C=O) groups excluding carboxylic acids is 2. The number of nitrogen functional groups attached to an aromatic ring is 1. The third kappa shape index (κ3) is 8.75. The Morgan fingerprint density at radius 2 is 1.57 bits per heavy atom. The van der Waals surface area contributed by atoms with Gasteiger partial charge in [0.25, 0.3) is 5.91 Å². The molecule has 60 heavy (non-hydrogen) atoms. The number of nitrogens with one attached hydrogen (secondary N) is 1. The van der Waals surface area contributed by atoms with E-state index in [9.17, 15) is 19.5 Å². The average Bonchev–Trinajstić information content (AvgIpc) is 3.59. The quantitative estimate of drug-likeness (QED) is 0.108. The summed E-state index contributed by atoms with van der Waals surface area (Å²) in [5.74, 6) is -0.0743. The van der Waals surface area contributed by atoms with Gasteiger partial charge in [-0.1, -0.05) is 77.8 Å². The van der Waals surface area contributed by atoms with Gasteiger partial charge in [0.1, 0.15) is 36.8 Å². The molecule has 2 aliphatic heterocycles. The maximum absolute atomic E-state index is 14.2. The van der Waals surface area contributed by atoms with Gasteiger partial charge in [0, 0.05) is 32.0 Å². The first kappa shape index (κ1) is 40.3. The molecule has 0 saturated heterocycles. The van der Waals surface area contributed by atoms with Gasteiger partial charge < -0.3 is 39.7 Å². The fraction of sp³-hybridized carbons (Fsp3) is 0.217. The Balaban J connectivity index is 0.989. The number of amides is 2. The lowest BCUT2D eigenvalue weighted by molar-refractivity contribution is -0.142. The van der Waals surface area contributed by atoms with Crippen LogP contribution in [0.1, 0.15) is 56.1 Å². The Kier molecular flexibility index (Phi) is 11.4. The molecule has 5 aromatic carbocycles. The number of rotatable bonds is 11. The Morgan fingerprint density at radius 3 is 2.23 bits per heavy atom. The molecule has 1 aromatic heterocycles. The summed E-state index contributed by atoms with van der Waals surface area (Å²) in [6.45, 7) is 3.84. The topological polar surface area (TPSA) is 166 Å². The number of carboxylic acid groups (broad SMARTS) is 1. The maximum atomic E-state index is 14.2. The molecule has 0 aliphatic carbocycles. The van der Waals surface area contributed by atoms with E-state index in [1.54, 1.807) is 26.0 Å². The third-order valence-electron chi connectivity index (χ3n) is 10.6. The number of fused-ring (bicyclic) bond motifs is 2. The van der Waals surface area contributed by atoms with Crippen molar-refractivity contribution >= 4 is 46.7 Å². The number of anilines is 1. The first-order valence-corrected chi connectivity index (χ1v) is 20.0. The van der Waals surface area contributed by atoms with E-state index in [1.165, 1.54) is 4.90 Å². The van der Waals surface area contributed by atoms with Gasteiger partial charge >= 0.3 is 5.97 Å². The number of carbonyl (C=O) groups is 3. The second-order valence-electron chi connectivity index (χ2n) is 14.8. The Morgan fingerprint density at radius 1 is 0.883 bits per heavy atom. The number of nitrogens with zero attached hydrogens (tertiary/aromatic N) is 2. The van der Waals surface area contributed by atoms with Gasteiger partial charge in [0.15, 0.2) is 29.2 Å². The molecule has 8 rings (SSSR count). The van der Waals surface area contributed by atoms with Crippen LogP contribution in [0.4, 0.5) is 5.69 Å². The molecule has 0 bridgehead atoms. The monoisotopic (exact) mass is 846 g/mol. The van der Waals surface area contributed by atoms with Crippen molar-refractivity contribution in [2.45, 2.75) is 58.0 Å². The second kappa shape index (κ2) is 17.0. The lowest BCUT2D eigenvalue weighted by atomic mass is 9.91. The van der Waals surface area contributed by atoms with Gasteiger partial charge in [0.2, 0.25) is 5.91 Å². The van der Waals surface area contributed by atoms with Crippen LogP contribution < -0.4 is 25.3 Å². The average molecular weight is 848 g/mol. The molecule has 1 unspecified atom stereocenters. The van der Waals surface area contributed by atoms with Crippen LogP contribution in [0, 0.1) is 13.8 Å². The van der Waals surface area contributed by atoms with Crippen LogP contribution in [0.3, 0.4) is 0 Å². The Bertz CT molecular complexity index is 2580. The third-order valence-corrected chi connectivity index (χ3v) is 11.4. The van der Waals surface area contributed by atoms with Crippen molar-refractivity contribution in [1.82, 2.24) is 15.2 Å². The summed E-state index contributed by atoms with van der Waals surface area (Å²) in [6.07, 6.45) is -0.312. The number of aromatic nitrogens is 1. The molecule has 0 fully saturated rings. The number of aryl methyl sites for hydroxylation is 2. The zero-order valence-electron chi connectivity index (χ0n) is 32.6. The number of nitrogens with two attached hydrogens (primary N) is 1. The fourth-order valence-electron chi connectivity index (χ4n) is 7.41. The summed E-state index contributed by atoms with van der Waals surface area (Å²) in [5, 5.41) is 13.9. The molecule has 0 radical (unpaired) electrons. The summed E-state index contributed by atoms with van der Waals surface area (Å²) in [4.78, 5) is 46.6. The van der Waals surface area contributed by atoms with E-state index in [1.807, 2.05) is 91.0 Å². The van der Waals surface area contributed by atoms with E-state index in [0.717, 1.165) is 33.4 Å². The van der Waals surface area contributed by atoms with Crippen molar-refractivity contribution in [3.63, 3.8) is 0 Å². The van der Waals surface area contributed by atoms with Crippen molar-refractivity contribution < 1.29 is 38.1 Å². The molecule has 14 heteroatoms. The molecule has 6 aromatic rings. The van der Waals surface area contributed by atoms with Crippen LogP contribution in [-0.2, 0) is 35.6 Å². The van der Waals surface area contributed by atoms with Crippen molar-refractivity contribution in [2.75, 3.05) is 12.3 Å². The summed E-state index contributed by atoms with van der Waals surface area (Å²) in [6, 6.07) is 29.1. The predicted molar refractivity (Wildman–Crippen MR) is 225 cm³/mol. The van der Waals surface area contributed by atoms with Gasteiger partial charge in [-0.2, -0.15) is 0 Å². The van der Waals surface area contributed by atoms with Gasteiger partial charge in [0.05, 0.1) is 10.0 Å². The highest BCUT2D eigenvalue weighted by Gasteiger charge is 2.39. The highest BCUT2D eigenvalue weighted by Crippen LogP contribution is 2.41. The lowest BCUT2D eigenvalue weighted by Gasteiger charge is -2.37. The van der Waals surface area contributed by atoms with E-state index in [-0.39, 0.29) is 31.7 Å². The van der Waals surface area contributed by atoms with Crippen molar-refractivity contribution in [3.05, 3.63) is 158 Å². The minimum Gasteiger partial charge on any atom is -0.489 e. The summed E-state index contributed by atoms with van der Waals surface area (Å²) >= 11 is 12.2. The highest BCUT2D eigenvalue weighted by atomic mass is 35.5. The molecule has 2 aliphatic rings. The number of benzene rings is 5. The lowest BCUT2D eigenvalue weighted by Crippen LogP contribution is -2.56. The van der Waals surface area contributed by atoms with Gasteiger partial charge in [-0.3, -0.25) is 9.59 Å². The summed E-state index contributed by atoms with van der Waals surface area (Å²) in [7, 11) is 0.